The third kappa shape index (κ3) is 10.8. The van der Waals surface area contributed by atoms with Crippen molar-refractivity contribution in [3.05, 3.63) is 18.2 Å². The molecule has 2 N–H and O–H groups in total. The number of amides is 1. The van der Waals surface area contributed by atoms with Gasteiger partial charge < -0.3 is 29.6 Å². The number of carbonyl (C=O) groups is 1. The highest BCUT2D eigenvalue weighted by molar-refractivity contribution is 7.89. The number of carbonyl (C=O) groups excluding carboxylic acids is 1. The highest BCUT2D eigenvalue weighted by Crippen LogP contribution is 2.28. The number of terminal acetylenes is 1. The second kappa shape index (κ2) is 13.9. The molecule has 0 heterocycles. The summed E-state index contributed by atoms with van der Waals surface area (Å²) in [5, 5.41) is 5.56. The first-order valence-corrected chi connectivity index (χ1v) is 11.9. The molecule has 0 fully saturated rings. The molecule has 0 saturated heterocycles. The van der Waals surface area contributed by atoms with E-state index in [1.54, 1.807) is 26.8 Å². The van der Waals surface area contributed by atoms with Crippen molar-refractivity contribution >= 4 is 21.8 Å². The fraction of sp³-hybridized carbons (Fsp3) is 0.591. The van der Waals surface area contributed by atoms with Crippen molar-refractivity contribution in [2.45, 2.75) is 31.3 Å². The van der Waals surface area contributed by atoms with E-state index in [4.69, 9.17) is 25.4 Å². The van der Waals surface area contributed by atoms with Crippen molar-refractivity contribution in [3.63, 3.8) is 0 Å². The van der Waals surface area contributed by atoms with Crippen LogP contribution >= 0.6 is 0 Å². The summed E-state index contributed by atoms with van der Waals surface area (Å²) in [4.78, 5) is 11.6. The lowest BCUT2D eigenvalue weighted by Gasteiger charge is -2.19. The molecule has 186 valence electrons. The topological polar surface area (TPSA) is 115 Å². The molecule has 0 unspecified atom stereocenters. The maximum Gasteiger partial charge on any atom is 0.407 e. The minimum atomic E-state index is -3.71. The highest BCUT2D eigenvalue weighted by Gasteiger charge is 2.22. The van der Waals surface area contributed by atoms with Crippen molar-refractivity contribution in [3.8, 4) is 18.1 Å². The summed E-state index contributed by atoms with van der Waals surface area (Å²) in [7, 11) is -0.774. The van der Waals surface area contributed by atoms with Crippen LogP contribution in [0.5, 0.6) is 5.75 Å². The van der Waals surface area contributed by atoms with Crippen LogP contribution in [-0.2, 0) is 24.2 Å². The first-order chi connectivity index (χ1) is 15.5. The summed E-state index contributed by atoms with van der Waals surface area (Å²) >= 11 is 0. The summed E-state index contributed by atoms with van der Waals surface area (Å²) in [6.07, 6.45) is 4.74. The van der Waals surface area contributed by atoms with Crippen molar-refractivity contribution < 1.29 is 32.2 Å². The Morgan fingerprint density at radius 2 is 1.82 bits per heavy atom. The number of methoxy groups -OCH3 is 1. The average molecular weight is 486 g/mol. The second-order valence-electron chi connectivity index (χ2n) is 7.90. The lowest BCUT2D eigenvalue weighted by molar-refractivity contribution is 0.0386. The van der Waals surface area contributed by atoms with Gasteiger partial charge in [-0.25, -0.2) is 13.2 Å². The number of nitrogens with zero attached hydrogens (tertiary/aromatic N) is 1. The normalized spacial score (nSPS) is 11.7. The summed E-state index contributed by atoms with van der Waals surface area (Å²) in [6, 6.07) is 4.56. The second-order valence-corrected chi connectivity index (χ2v) is 9.94. The van der Waals surface area contributed by atoms with Gasteiger partial charge in [0, 0.05) is 26.2 Å². The zero-order valence-corrected chi connectivity index (χ0v) is 20.8. The summed E-state index contributed by atoms with van der Waals surface area (Å²) in [5.74, 6) is 2.84. The van der Waals surface area contributed by atoms with Gasteiger partial charge in [-0.15, -0.1) is 6.42 Å². The fourth-order valence-electron chi connectivity index (χ4n) is 2.48. The van der Waals surface area contributed by atoms with Crippen LogP contribution in [0, 0.1) is 12.3 Å². The molecule has 0 spiro atoms. The average Bonchev–Trinajstić information content (AvgIpc) is 2.74. The number of anilines is 1. The number of benzene rings is 1. The Hall–Kier alpha value is -2.52. The molecule has 0 saturated carbocycles. The van der Waals surface area contributed by atoms with E-state index in [-0.39, 0.29) is 18.0 Å². The van der Waals surface area contributed by atoms with Gasteiger partial charge in [0.15, 0.2) is 0 Å². The molecule has 33 heavy (non-hydrogen) atoms. The molecular weight excluding hydrogens is 450 g/mol. The molecule has 0 aromatic heterocycles. The van der Waals surface area contributed by atoms with Crippen LogP contribution in [-0.4, -0.2) is 84.6 Å². The molecule has 0 bridgehead atoms. The number of sulfonamides is 1. The number of nitrogens with one attached hydrogen (secondary N) is 2. The van der Waals surface area contributed by atoms with Crippen LogP contribution in [0.4, 0.5) is 10.5 Å². The van der Waals surface area contributed by atoms with Crippen molar-refractivity contribution in [2.24, 2.45) is 0 Å². The SMILES string of the molecule is C#CCNc1ccc(S(=O)(=O)N(C)CCOCCOCCNC(=O)OC(C)(C)C)cc1OC. The standard InChI is InChI=1S/C22H35N3O7S/c1-7-10-23-19-9-8-18(17-20(19)29-6)33(27,28)25(5)12-14-31-16-15-30-13-11-24-21(26)32-22(2,3)4/h1,8-9,17,23H,10-16H2,2-6H3,(H,24,26). The van der Waals surface area contributed by atoms with Gasteiger partial charge in [0.25, 0.3) is 0 Å². The predicted octanol–water partition coefficient (Wildman–Crippen LogP) is 1.92. The minimum Gasteiger partial charge on any atom is -0.495 e. The van der Waals surface area contributed by atoms with E-state index >= 15 is 0 Å². The van der Waals surface area contributed by atoms with E-state index in [0.29, 0.717) is 44.3 Å². The smallest absolute Gasteiger partial charge is 0.407 e. The molecular formula is C22H35N3O7S. The van der Waals surface area contributed by atoms with Gasteiger partial charge in [0.1, 0.15) is 11.4 Å². The Labute approximate surface area is 197 Å². The maximum absolute atomic E-state index is 12.8. The molecule has 10 nitrogen and oxygen atoms in total. The Bertz CT molecular complexity index is 892. The van der Waals surface area contributed by atoms with Crippen LogP contribution < -0.4 is 15.4 Å². The van der Waals surface area contributed by atoms with E-state index in [9.17, 15) is 13.2 Å². The van der Waals surface area contributed by atoms with E-state index in [1.807, 2.05) is 0 Å². The molecule has 0 aliphatic rings. The number of ether oxygens (including phenoxy) is 4. The van der Waals surface area contributed by atoms with Crippen molar-refractivity contribution in [2.75, 3.05) is 65.5 Å². The first-order valence-electron chi connectivity index (χ1n) is 10.5. The predicted molar refractivity (Wildman–Crippen MR) is 126 cm³/mol. The zero-order valence-electron chi connectivity index (χ0n) is 20.0. The molecule has 0 atom stereocenters. The molecule has 1 aromatic carbocycles. The zero-order chi connectivity index (χ0) is 24.9. The molecule has 0 aliphatic heterocycles. The molecule has 1 amide bonds. The summed E-state index contributed by atoms with van der Waals surface area (Å²) in [6.45, 7) is 7.27. The number of hydrogen-bond donors (Lipinski definition) is 2. The van der Waals surface area contributed by atoms with Crippen LogP contribution in [0.2, 0.25) is 0 Å². The third-order valence-corrected chi connectivity index (χ3v) is 5.95. The van der Waals surface area contributed by atoms with Gasteiger partial charge >= 0.3 is 6.09 Å². The third-order valence-electron chi connectivity index (χ3n) is 4.10. The Kier molecular flexibility index (Phi) is 12.0. The number of alkyl carbamates (subject to hydrolysis) is 1. The molecule has 0 aliphatic carbocycles. The number of hydrogen-bond acceptors (Lipinski definition) is 8. The molecule has 11 heteroatoms. The van der Waals surface area contributed by atoms with Gasteiger partial charge in [-0.05, 0) is 32.9 Å². The van der Waals surface area contributed by atoms with Gasteiger partial charge in [0.2, 0.25) is 10.0 Å². The quantitative estimate of drug-likeness (QED) is 0.303. The van der Waals surface area contributed by atoms with Crippen molar-refractivity contribution in [1.29, 1.82) is 0 Å². The van der Waals surface area contributed by atoms with E-state index < -0.39 is 21.7 Å². The van der Waals surface area contributed by atoms with Crippen LogP contribution in [0.25, 0.3) is 0 Å². The van der Waals surface area contributed by atoms with Gasteiger partial charge in [-0.1, -0.05) is 5.92 Å². The first kappa shape index (κ1) is 28.5. The van der Waals surface area contributed by atoms with Gasteiger partial charge in [-0.3, -0.25) is 0 Å². The van der Waals surface area contributed by atoms with Crippen LogP contribution in [0.1, 0.15) is 20.8 Å². The van der Waals surface area contributed by atoms with Crippen molar-refractivity contribution in [1.82, 2.24) is 9.62 Å². The number of rotatable bonds is 14. The molecule has 0 radical (unpaired) electrons. The monoisotopic (exact) mass is 485 g/mol. The van der Waals surface area contributed by atoms with E-state index in [0.717, 1.165) is 0 Å². The lowest BCUT2D eigenvalue weighted by atomic mass is 10.2. The lowest BCUT2D eigenvalue weighted by Crippen LogP contribution is -2.34. The summed E-state index contributed by atoms with van der Waals surface area (Å²) in [5.41, 5.74) is 0.0654. The van der Waals surface area contributed by atoms with Crippen LogP contribution in [0.3, 0.4) is 0 Å². The van der Waals surface area contributed by atoms with Crippen LogP contribution in [0.15, 0.2) is 23.1 Å². The molecule has 1 aromatic rings. The van der Waals surface area contributed by atoms with Gasteiger partial charge in [-0.2, -0.15) is 4.31 Å². The Morgan fingerprint density at radius 1 is 1.15 bits per heavy atom. The molecule has 1 rings (SSSR count). The maximum atomic E-state index is 12.8. The number of likely N-dealkylation sites (N-methyl/N-ethyl adjacent to an activating group) is 1. The van der Waals surface area contributed by atoms with Gasteiger partial charge in [0.05, 0.1) is 50.7 Å². The fourth-order valence-corrected chi connectivity index (χ4v) is 3.65. The summed E-state index contributed by atoms with van der Waals surface area (Å²) < 4.78 is 48.0. The largest absolute Gasteiger partial charge is 0.495 e. The minimum absolute atomic E-state index is 0.105. The van der Waals surface area contributed by atoms with E-state index in [1.165, 1.54) is 30.6 Å². The Balaban J connectivity index is 2.33. The highest BCUT2D eigenvalue weighted by atomic mass is 32.2. The van der Waals surface area contributed by atoms with E-state index in [2.05, 4.69) is 16.6 Å². The Morgan fingerprint density at radius 3 is 2.42 bits per heavy atom.